The molecule has 1 amide bonds. The maximum atomic E-state index is 12.5. The van der Waals surface area contributed by atoms with Crippen LogP contribution in [0.3, 0.4) is 0 Å². The predicted octanol–water partition coefficient (Wildman–Crippen LogP) is 3.55. The number of piperidine rings is 1. The first kappa shape index (κ1) is 17.7. The molecular formula is C16H22ClN3O3. The zero-order valence-corrected chi connectivity index (χ0v) is 14.3. The highest BCUT2D eigenvalue weighted by Gasteiger charge is 2.29. The summed E-state index contributed by atoms with van der Waals surface area (Å²) in [5.41, 5.74) is 0.174. The number of rotatable bonds is 4. The minimum Gasteiger partial charge on any atom is -0.323 e. The highest BCUT2D eigenvalue weighted by molar-refractivity contribution is 6.33. The van der Waals surface area contributed by atoms with Crippen molar-refractivity contribution in [3.63, 3.8) is 0 Å². The van der Waals surface area contributed by atoms with E-state index in [2.05, 4.69) is 24.1 Å². The van der Waals surface area contributed by atoms with Crippen molar-refractivity contribution in [3.05, 3.63) is 33.3 Å². The van der Waals surface area contributed by atoms with Crippen molar-refractivity contribution in [2.45, 2.75) is 33.2 Å². The molecule has 0 unspecified atom stereocenters. The fraction of sp³-hybridized carbons (Fsp3) is 0.562. The van der Waals surface area contributed by atoms with Crippen molar-refractivity contribution in [2.75, 3.05) is 18.4 Å². The van der Waals surface area contributed by atoms with Crippen molar-refractivity contribution in [1.82, 2.24) is 4.90 Å². The van der Waals surface area contributed by atoms with Gasteiger partial charge >= 0.3 is 0 Å². The topological polar surface area (TPSA) is 75.5 Å². The lowest BCUT2D eigenvalue weighted by molar-refractivity contribution is -0.384. The Hall–Kier alpha value is -1.66. The van der Waals surface area contributed by atoms with Gasteiger partial charge in [0.25, 0.3) is 5.69 Å². The minimum atomic E-state index is -0.511. The number of anilines is 1. The molecule has 1 fully saturated rings. The van der Waals surface area contributed by atoms with Crippen molar-refractivity contribution < 1.29 is 9.72 Å². The Balaban J connectivity index is 2.09. The normalized spacial score (nSPS) is 23.3. The van der Waals surface area contributed by atoms with E-state index in [1.807, 2.05) is 6.92 Å². The molecule has 3 atom stereocenters. The molecule has 23 heavy (non-hydrogen) atoms. The quantitative estimate of drug-likeness (QED) is 0.672. The molecule has 126 valence electrons. The van der Waals surface area contributed by atoms with Crippen LogP contribution in [0.4, 0.5) is 11.4 Å². The SMILES string of the molecule is C[C@@H]1C[C@H](C)CN([C@@H](C)C(=O)Nc2cc([N+](=O)[O-])ccc2Cl)C1. The molecule has 0 saturated carbocycles. The smallest absolute Gasteiger partial charge is 0.271 e. The summed E-state index contributed by atoms with van der Waals surface area (Å²) in [6.07, 6.45) is 1.17. The number of carbonyl (C=O) groups excluding carboxylic acids is 1. The Kier molecular flexibility index (Phi) is 5.59. The Bertz CT molecular complexity index is 598. The molecule has 1 aliphatic heterocycles. The van der Waals surface area contributed by atoms with Crippen LogP contribution in [0.15, 0.2) is 18.2 Å². The van der Waals surface area contributed by atoms with Gasteiger partial charge in [-0.05, 0) is 31.2 Å². The lowest BCUT2D eigenvalue weighted by Gasteiger charge is -2.38. The number of nitrogens with zero attached hydrogens (tertiary/aromatic N) is 2. The molecule has 1 aromatic rings. The van der Waals surface area contributed by atoms with E-state index < -0.39 is 4.92 Å². The Morgan fingerprint density at radius 3 is 2.57 bits per heavy atom. The van der Waals surface area contributed by atoms with E-state index in [4.69, 9.17) is 11.6 Å². The van der Waals surface area contributed by atoms with Gasteiger partial charge in [-0.2, -0.15) is 0 Å². The summed E-state index contributed by atoms with van der Waals surface area (Å²) >= 11 is 6.03. The maximum absolute atomic E-state index is 12.5. The zero-order valence-electron chi connectivity index (χ0n) is 13.6. The molecule has 0 bridgehead atoms. The molecule has 0 aliphatic carbocycles. The van der Waals surface area contributed by atoms with Crippen molar-refractivity contribution >= 4 is 28.9 Å². The minimum absolute atomic E-state index is 0.0995. The molecule has 2 rings (SSSR count). The lowest BCUT2D eigenvalue weighted by Crippen LogP contribution is -2.48. The molecule has 1 aromatic carbocycles. The molecule has 0 spiro atoms. The van der Waals surface area contributed by atoms with E-state index >= 15 is 0 Å². The number of benzene rings is 1. The molecule has 1 aliphatic rings. The third-order valence-corrected chi connectivity index (χ3v) is 4.57. The van der Waals surface area contributed by atoms with Crippen LogP contribution in [0, 0.1) is 22.0 Å². The largest absolute Gasteiger partial charge is 0.323 e. The summed E-state index contributed by atoms with van der Waals surface area (Å²) in [6, 6.07) is 3.71. The molecular weight excluding hydrogens is 318 g/mol. The van der Waals surface area contributed by atoms with E-state index in [9.17, 15) is 14.9 Å². The first-order valence-electron chi connectivity index (χ1n) is 7.76. The maximum Gasteiger partial charge on any atom is 0.271 e. The summed E-state index contributed by atoms with van der Waals surface area (Å²) in [5.74, 6) is 0.902. The van der Waals surface area contributed by atoms with Gasteiger partial charge in [0.15, 0.2) is 0 Å². The van der Waals surface area contributed by atoms with Crippen molar-refractivity contribution in [1.29, 1.82) is 0 Å². The molecule has 1 N–H and O–H groups in total. The van der Waals surface area contributed by atoms with E-state index in [1.165, 1.54) is 24.6 Å². The summed E-state index contributed by atoms with van der Waals surface area (Å²) in [4.78, 5) is 25.0. The van der Waals surface area contributed by atoms with E-state index in [1.54, 1.807) is 0 Å². The van der Waals surface area contributed by atoms with Gasteiger partial charge < -0.3 is 5.32 Å². The summed E-state index contributed by atoms with van der Waals surface area (Å²) in [7, 11) is 0. The standard InChI is InChI=1S/C16H22ClN3O3/c1-10-6-11(2)9-19(8-10)12(3)16(21)18-15-7-13(20(22)23)4-5-14(15)17/h4-5,7,10-12H,6,8-9H2,1-3H3,(H,18,21)/t10-,11+,12-/m0/s1. The zero-order chi connectivity index (χ0) is 17.1. The second-order valence-electron chi connectivity index (χ2n) is 6.49. The number of nitro benzene ring substituents is 1. The number of carbonyl (C=O) groups is 1. The van der Waals surface area contributed by atoms with Gasteiger partial charge in [0.2, 0.25) is 5.91 Å². The second-order valence-corrected chi connectivity index (χ2v) is 6.89. The fourth-order valence-electron chi connectivity index (χ4n) is 3.15. The first-order chi connectivity index (χ1) is 10.8. The van der Waals surface area contributed by atoms with Crippen LogP contribution in [0.25, 0.3) is 0 Å². The monoisotopic (exact) mass is 339 g/mol. The molecule has 1 heterocycles. The van der Waals surface area contributed by atoms with Gasteiger partial charge in [0.1, 0.15) is 0 Å². The average molecular weight is 340 g/mol. The van der Waals surface area contributed by atoms with Crippen LogP contribution in [0.1, 0.15) is 27.2 Å². The van der Waals surface area contributed by atoms with Crippen LogP contribution in [0.5, 0.6) is 0 Å². The number of nitro groups is 1. The van der Waals surface area contributed by atoms with E-state index in [-0.39, 0.29) is 28.3 Å². The van der Waals surface area contributed by atoms with Crippen molar-refractivity contribution in [2.24, 2.45) is 11.8 Å². The van der Waals surface area contributed by atoms with Gasteiger partial charge in [0.05, 0.1) is 21.7 Å². The number of likely N-dealkylation sites (tertiary alicyclic amines) is 1. The van der Waals surface area contributed by atoms with E-state index in [0.717, 1.165) is 13.1 Å². The molecule has 6 nitrogen and oxygen atoms in total. The number of hydrogen-bond donors (Lipinski definition) is 1. The fourth-order valence-corrected chi connectivity index (χ4v) is 3.32. The van der Waals surface area contributed by atoms with Gasteiger partial charge in [-0.15, -0.1) is 0 Å². The highest BCUT2D eigenvalue weighted by Crippen LogP contribution is 2.28. The number of nitrogens with one attached hydrogen (secondary N) is 1. The van der Waals surface area contributed by atoms with Gasteiger partial charge in [-0.25, -0.2) is 0 Å². The van der Waals surface area contributed by atoms with Crippen LogP contribution in [0.2, 0.25) is 5.02 Å². The number of halogens is 1. The third-order valence-electron chi connectivity index (χ3n) is 4.24. The van der Waals surface area contributed by atoms with Gasteiger partial charge in [0, 0.05) is 25.2 Å². The summed E-state index contributed by atoms with van der Waals surface area (Å²) in [6.45, 7) is 7.98. The van der Waals surface area contributed by atoms with Crippen LogP contribution >= 0.6 is 11.6 Å². The van der Waals surface area contributed by atoms with E-state index in [0.29, 0.717) is 11.8 Å². The highest BCUT2D eigenvalue weighted by atomic mass is 35.5. The van der Waals surface area contributed by atoms with Crippen molar-refractivity contribution in [3.8, 4) is 0 Å². The number of amides is 1. The Labute approximate surface area is 141 Å². The first-order valence-corrected chi connectivity index (χ1v) is 8.14. The number of hydrogen-bond acceptors (Lipinski definition) is 4. The molecule has 7 heteroatoms. The number of non-ortho nitro benzene ring substituents is 1. The summed E-state index contributed by atoms with van der Waals surface area (Å²) in [5, 5.41) is 13.8. The van der Waals surface area contributed by atoms with Gasteiger partial charge in [-0.3, -0.25) is 19.8 Å². The second kappa shape index (κ2) is 7.27. The van der Waals surface area contributed by atoms with Gasteiger partial charge in [-0.1, -0.05) is 25.4 Å². The molecule has 0 radical (unpaired) electrons. The molecule has 1 saturated heterocycles. The predicted molar refractivity (Wildman–Crippen MR) is 90.7 cm³/mol. The molecule has 0 aromatic heterocycles. The van der Waals surface area contributed by atoms with Crippen LogP contribution in [-0.4, -0.2) is 34.9 Å². The van der Waals surface area contributed by atoms with Crippen LogP contribution in [-0.2, 0) is 4.79 Å². The Morgan fingerprint density at radius 1 is 1.39 bits per heavy atom. The third kappa shape index (κ3) is 4.42. The summed E-state index contributed by atoms with van der Waals surface area (Å²) < 4.78 is 0. The van der Waals surface area contributed by atoms with Crippen LogP contribution < -0.4 is 5.32 Å². The average Bonchev–Trinajstić information content (AvgIpc) is 2.47. The lowest BCUT2D eigenvalue weighted by atomic mass is 9.91. The Morgan fingerprint density at radius 2 is 2.00 bits per heavy atom.